The largest absolute Gasteiger partial charge is 0.462 e. The summed E-state index contributed by atoms with van der Waals surface area (Å²) >= 11 is 0. The van der Waals surface area contributed by atoms with Crippen LogP contribution in [0.5, 0.6) is 0 Å². The summed E-state index contributed by atoms with van der Waals surface area (Å²) in [6, 6.07) is 0. The Kier molecular flexibility index (Phi) is 16.4. The zero-order valence-corrected chi connectivity index (χ0v) is 15.5. The molecule has 2 heteroatoms. The number of carbonyl (C=O) groups excluding carboxylic acids is 1. The van der Waals surface area contributed by atoms with Gasteiger partial charge in [-0.3, -0.25) is 4.79 Å². The van der Waals surface area contributed by atoms with Gasteiger partial charge >= 0.3 is 5.97 Å². The van der Waals surface area contributed by atoms with Crippen molar-refractivity contribution >= 4 is 5.97 Å². The minimum atomic E-state index is 0.0301. The van der Waals surface area contributed by atoms with E-state index in [1.807, 2.05) is 0 Å². The predicted octanol–water partition coefficient (Wildman–Crippen LogP) is 6.81. The molecule has 0 saturated carbocycles. The Morgan fingerprint density at radius 2 is 1.23 bits per heavy atom. The van der Waals surface area contributed by atoms with Crippen LogP contribution in [0.25, 0.3) is 0 Å². The lowest BCUT2D eigenvalue weighted by atomic mass is 10.0. The van der Waals surface area contributed by atoms with E-state index in [0.717, 1.165) is 25.7 Å². The maximum absolute atomic E-state index is 11.9. The van der Waals surface area contributed by atoms with Crippen LogP contribution >= 0.6 is 0 Å². The quantitative estimate of drug-likeness (QED) is 0.231. The van der Waals surface area contributed by atoms with Crippen molar-refractivity contribution in [3.8, 4) is 0 Å². The molecule has 0 aliphatic rings. The van der Waals surface area contributed by atoms with Crippen molar-refractivity contribution in [1.29, 1.82) is 0 Å². The lowest BCUT2D eigenvalue weighted by Crippen LogP contribution is -2.18. The second-order valence-corrected chi connectivity index (χ2v) is 6.62. The van der Waals surface area contributed by atoms with E-state index >= 15 is 0 Å². The van der Waals surface area contributed by atoms with Crippen LogP contribution in [-0.2, 0) is 9.53 Å². The first-order valence-electron chi connectivity index (χ1n) is 9.94. The molecule has 0 radical (unpaired) electrons. The zero-order valence-electron chi connectivity index (χ0n) is 15.5. The predicted molar refractivity (Wildman–Crippen MR) is 96.2 cm³/mol. The Morgan fingerprint density at radius 1 is 0.682 bits per heavy atom. The lowest BCUT2D eigenvalue weighted by Gasteiger charge is -2.17. The van der Waals surface area contributed by atoms with Gasteiger partial charge in [-0.05, 0) is 25.7 Å². The number of unbranched alkanes of at least 4 members (excludes halogenated alkanes) is 9. The van der Waals surface area contributed by atoms with Crippen LogP contribution in [0.3, 0.4) is 0 Å². The average molecular weight is 313 g/mol. The molecule has 132 valence electrons. The molecule has 0 amide bonds. The summed E-state index contributed by atoms with van der Waals surface area (Å²) in [4.78, 5) is 11.9. The number of esters is 1. The smallest absolute Gasteiger partial charge is 0.306 e. The van der Waals surface area contributed by atoms with Gasteiger partial charge in [0.1, 0.15) is 6.10 Å². The van der Waals surface area contributed by atoms with Gasteiger partial charge in [0.2, 0.25) is 0 Å². The monoisotopic (exact) mass is 312 g/mol. The SMILES string of the molecule is CCCCCCCCC(=O)OC(CCC)CCCCCCC. The summed E-state index contributed by atoms with van der Waals surface area (Å²) in [6.45, 7) is 6.64. The summed E-state index contributed by atoms with van der Waals surface area (Å²) in [5.74, 6) is 0.0301. The molecule has 1 atom stereocenters. The molecule has 1 unspecified atom stereocenters. The number of hydrogen-bond donors (Lipinski definition) is 0. The van der Waals surface area contributed by atoms with Crippen LogP contribution < -0.4 is 0 Å². The third kappa shape index (κ3) is 14.4. The van der Waals surface area contributed by atoms with E-state index in [-0.39, 0.29) is 12.1 Å². The summed E-state index contributed by atoms with van der Waals surface area (Å²) in [5, 5.41) is 0. The van der Waals surface area contributed by atoms with Gasteiger partial charge in [-0.2, -0.15) is 0 Å². The van der Waals surface area contributed by atoms with E-state index in [4.69, 9.17) is 4.74 Å². The van der Waals surface area contributed by atoms with Crippen molar-refractivity contribution in [2.24, 2.45) is 0 Å². The average Bonchev–Trinajstić information content (AvgIpc) is 2.50. The van der Waals surface area contributed by atoms with Crippen molar-refractivity contribution in [3.05, 3.63) is 0 Å². The molecular weight excluding hydrogens is 272 g/mol. The summed E-state index contributed by atoms with van der Waals surface area (Å²) in [6.07, 6.45) is 17.7. The van der Waals surface area contributed by atoms with Gasteiger partial charge in [-0.25, -0.2) is 0 Å². The van der Waals surface area contributed by atoms with Crippen LogP contribution in [0.4, 0.5) is 0 Å². The topological polar surface area (TPSA) is 26.3 Å². The number of ether oxygens (including phenoxy) is 1. The van der Waals surface area contributed by atoms with Gasteiger partial charge in [0.15, 0.2) is 0 Å². The third-order valence-electron chi connectivity index (χ3n) is 4.27. The molecule has 0 bridgehead atoms. The fraction of sp³-hybridized carbons (Fsp3) is 0.950. The van der Waals surface area contributed by atoms with Crippen LogP contribution in [0.1, 0.15) is 117 Å². The molecule has 0 fully saturated rings. The Balaban J connectivity index is 3.69. The Labute approximate surface area is 139 Å². The van der Waals surface area contributed by atoms with Crippen molar-refractivity contribution in [1.82, 2.24) is 0 Å². The molecule has 0 aromatic heterocycles. The van der Waals surface area contributed by atoms with Gasteiger partial charge in [-0.1, -0.05) is 85.0 Å². The van der Waals surface area contributed by atoms with Gasteiger partial charge < -0.3 is 4.74 Å². The molecule has 0 aromatic rings. The Morgan fingerprint density at radius 3 is 1.82 bits per heavy atom. The summed E-state index contributed by atoms with van der Waals surface area (Å²) < 4.78 is 5.69. The van der Waals surface area contributed by atoms with E-state index in [9.17, 15) is 4.79 Å². The lowest BCUT2D eigenvalue weighted by molar-refractivity contribution is -0.150. The molecule has 0 rings (SSSR count). The van der Waals surface area contributed by atoms with Crippen LogP contribution in [0.2, 0.25) is 0 Å². The van der Waals surface area contributed by atoms with Crippen LogP contribution in [0.15, 0.2) is 0 Å². The van der Waals surface area contributed by atoms with Gasteiger partial charge in [0.25, 0.3) is 0 Å². The second-order valence-electron chi connectivity index (χ2n) is 6.62. The molecule has 0 spiro atoms. The van der Waals surface area contributed by atoms with Gasteiger partial charge in [0, 0.05) is 6.42 Å². The zero-order chi connectivity index (χ0) is 16.5. The molecule has 0 saturated heterocycles. The van der Waals surface area contributed by atoms with Gasteiger partial charge in [-0.15, -0.1) is 0 Å². The molecule has 0 aliphatic heterocycles. The summed E-state index contributed by atoms with van der Waals surface area (Å²) in [5.41, 5.74) is 0. The number of rotatable bonds is 16. The second kappa shape index (κ2) is 16.8. The highest BCUT2D eigenvalue weighted by atomic mass is 16.5. The first-order valence-corrected chi connectivity index (χ1v) is 9.94. The van der Waals surface area contributed by atoms with Crippen LogP contribution in [-0.4, -0.2) is 12.1 Å². The van der Waals surface area contributed by atoms with Crippen molar-refractivity contribution < 1.29 is 9.53 Å². The fourth-order valence-electron chi connectivity index (χ4n) is 2.85. The molecule has 2 nitrogen and oxygen atoms in total. The standard InChI is InChI=1S/C20H40O2/c1-4-7-9-11-13-15-18-20(21)22-19(16-6-3)17-14-12-10-8-5-2/h19H,4-18H2,1-3H3. The van der Waals surface area contributed by atoms with Crippen molar-refractivity contribution in [3.63, 3.8) is 0 Å². The molecule has 0 aliphatic carbocycles. The Bertz CT molecular complexity index is 238. The van der Waals surface area contributed by atoms with Crippen molar-refractivity contribution in [2.45, 2.75) is 123 Å². The van der Waals surface area contributed by atoms with E-state index in [1.54, 1.807) is 0 Å². The number of carbonyl (C=O) groups is 1. The third-order valence-corrected chi connectivity index (χ3v) is 4.27. The minimum Gasteiger partial charge on any atom is -0.462 e. The van der Waals surface area contributed by atoms with Gasteiger partial charge in [0.05, 0.1) is 0 Å². The van der Waals surface area contributed by atoms with Crippen LogP contribution in [0, 0.1) is 0 Å². The highest BCUT2D eigenvalue weighted by Gasteiger charge is 2.13. The van der Waals surface area contributed by atoms with E-state index in [0.29, 0.717) is 6.42 Å². The first kappa shape index (κ1) is 21.5. The summed E-state index contributed by atoms with van der Waals surface area (Å²) in [7, 11) is 0. The van der Waals surface area contributed by atoms with Crippen molar-refractivity contribution in [2.75, 3.05) is 0 Å². The highest BCUT2D eigenvalue weighted by Crippen LogP contribution is 2.15. The Hall–Kier alpha value is -0.530. The van der Waals surface area contributed by atoms with E-state index in [2.05, 4.69) is 20.8 Å². The maximum Gasteiger partial charge on any atom is 0.306 e. The first-order chi connectivity index (χ1) is 10.7. The highest BCUT2D eigenvalue weighted by molar-refractivity contribution is 5.69. The number of hydrogen-bond acceptors (Lipinski definition) is 2. The molecule has 22 heavy (non-hydrogen) atoms. The molecule has 0 aromatic carbocycles. The van der Waals surface area contributed by atoms with E-state index in [1.165, 1.54) is 64.2 Å². The molecule has 0 N–H and O–H groups in total. The fourth-order valence-corrected chi connectivity index (χ4v) is 2.85. The molecule has 0 heterocycles. The minimum absolute atomic E-state index is 0.0301. The normalized spacial score (nSPS) is 12.3. The van der Waals surface area contributed by atoms with E-state index < -0.39 is 0 Å². The maximum atomic E-state index is 11.9. The molecular formula is C20H40O2.